The van der Waals surface area contributed by atoms with Crippen molar-refractivity contribution in [2.24, 2.45) is 11.8 Å². The van der Waals surface area contributed by atoms with Gasteiger partial charge in [0.1, 0.15) is 0 Å². The van der Waals surface area contributed by atoms with Crippen LogP contribution in [0.5, 0.6) is 0 Å². The Morgan fingerprint density at radius 3 is 1.75 bits per heavy atom. The average Bonchev–Trinajstić information content (AvgIpc) is 1.64. The van der Waals surface area contributed by atoms with E-state index in [1.165, 1.54) is 25.7 Å². The van der Waals surface area contributed by atoms with Gasteiger partial charge in [0.25, 0.3) is 0 Å². The molecule has 1 rings (SSSR count). The number of hydrogen-bond donors (Lipinski definition) is 0. The summed E-state index contributed by atoms with van der Waals surface area (Å²) in [5.41, 5.74) is 0. The largest absolute Gasteiger partial charge is 0.0528 e. The second-order valence-electron chi connectivity index (χ2n) is 2.90. The van der Waals surface area contributed by atoms with E-state index in [4.69, 9.17) is 0 Å². The molecular formula is C8H14. The van der Waals surface area contributed by atoms with Crippen molar-refractivity contribution in [2.75, 3.05) is 0 Å². The highest BCUT2D eigenvalue weighted by atomic mass is 14.2. The molecular weight excluding hydrogens is 96.1 g/mol. The molecule has 46 valence electrons. The van der Waals surface area contributed by atoms with E-state index in [0.717, 1.165) is 0 Å². The Bertz CT molecular complexity index is 58.4. The van der Waals surface area contributed by atoms with Gasteiger partial charge >= 0.3 is 0 Å². The zero-order valence-electron chi connectivity index (χ0n) is 5.40. The maximum atomic E-state index is 4.01. The molecule has 0 amide bonds. The lowest BCUT2D eigenvalue weighted by Crippen LogP contribution is -2.09. The molecule has 0 nitrogen and oxygen atoms in total. The van der Waals surface area contributed by atoms with Crippen LogP contribution in [0, 0.1) is 25.7 Å². The van der Waals surface area contributed by atoms with E-state index in [-0.39, 0.29) is 0 Å². The fourth-order valence-corrected chi connectivity index (χ4v) is 1.40. The first-order chi connectivity index (χ1) is 3.79. The predicted molar refractivity (Wildman–Crippen MR) is 36.2 cm³/mol. The maximum absolute atomic E-state index is 4.01. The molecule has 0 saturated heterocycles. The van der Waals surface area contributed by atoms with E-state index in [1.807, 2.05) is 0 Å². The second kappa shape index (κ2) is 2.52. The molecule has 0 aliphatic heterocycles. The third kappa shape index (κ3) is 1.50. The molecule has 0 heterocycles. The summed E-state index contributed by atoms with van der Waals surface area (Å²) in [4.78, 5) is 0. The summed E-state index contributed by atoms with van der Waals surface area (Å²) in [6.45, 7) is 8.02. The van der Waals surface area contributed by atoms with Gasteiger partial charge in [-0.2, -0.15) is 0 Å². The Balaban J connectivity index is 2.23. The van der Waals surface area contributed by atoms with E-state index in [0.29, 0.717) is 11.8 Å². The van der Waals surface area contributed by atoms with Crippen LogP contribution in [0.2, 0.25) is 0 Å². The van der Waals surface area contributed by atoms with Crippen molar-refractivity contribution >= 4 is 0 Å². The van der Waals surface area contributed by atoms with Gasteiger partial charge in [0, 0.05) is 0 Å². The number of hydrogen-bond acceptors (Lipinski definition) is 0. The molecule has 1 aliphatic rings. The quantitative estimate of drug-likeness (QED) is 0.449. The average molecular weight is 110 g/mol. The summed E-state index contributed by atoms with van der Waals surface area (Å²) in [5, 5.41) is 0. The topological polar surface area (TPSA) is 0 Å². The lowest BCUT2D eigenvalue weighted by atomic mass is 9.84. The van der Waals surface area contributed by atoms with E-state index in [1.54, 1.807) is 0 Å². The molecule has 2 radical (unpaired) electrons. The molecule has 0 N–H and O–H groups in total. The highest BCUT2D eigenvalue weighted by Gasteiger charge is 2.13. The summed E-state index contributed by atoms with van der Waals surface area (Å²) >= 11 is 0. The van der Waals surface area contributed by atoms with Crippen molar-refractivity contribution in [1.82, 2.24) is 0 Å². The Kier molecular flexibility index (Phi) is 1.93. The molecule has 0 bridgehead atoms. The first kappa shape index (κ1) is 6.12. The van der Waals surface area contributed by atoms with Crippen LogP contribution < -0.4 is 0 Å². The van der Waals surface area contributed by atoms with Gasteiger partial charge in [-0.3, -0.25) is 0 Å². The van der Waals surface area contributed by atoms with E-state index in [2.05, 4.69) is 13.8 Å². The van der Waals surface area contributed by atoms with Crippen LogP contribution >= 0.6 is 0 Å². The van der Waals surface area contributed by atoms with Gasteiger partial charge in [0.15, 0.2) is 0 Å². The summed E-state index contributed by atoms with van der Waals surface area (Å²) in [6.07, 6.45) is 5.25. The van der Waals surface area contributed by atoms with Crippen LogP contribution in [0.1, 0.15) is 25.7 Å². The van der Waals surface area contributed by atoms with Crippen molar-refractivity contribution in [1.29, 1.82) is 0 Å². The van der Waals surface area contributed by atoms with Crippen LogP contribution in [0.25, 0.3) is 0 Å². The minimum atomic E-state index is 0.700. The fourth-order valence-electron chi connectivity index (χ4n) is 1.40. The van der Waals surface area contributed by atoms with E-state index >= 15 is 0 Å². The zero-order valence-corrected chi connectivity index (χ0v) is 5.40. The van der Waals surface area contributed by atoms with Crippen molar-refractivity contribution in [3.63, 3.8) is 0 Å². The van der Waals surface area contributed by atoms with Gasteiger partial charge in [-0.1, -0.05) is 33.1 Å². The molecule has 1 fully saturated rings. The minimum absolute atomic E-state index is 0.700. The Labute approximate surface area is 52.3 Å². The van der Waals surface area contributed by atoms with Crippen molar-refractivity contribution < 1.29 is 0 Å². The standard InChI is InChI=1S/C8H14/c1-7-4-3-5-8(2)6-7/h7-8H,1-6H2. The van der Waals surface area contributed by atoms with Gasteiger partial charge in [-0.15, -0.1) is 0 Å². The van der Waals surface area contributed by atoms with E-state index in [9.17, 15) is 0 Å². The summed E-state index contributed by atoms with van der Waals surface area (Å²) in [6, 6.07) is 0. The van der Waals surface area contributed by atoms with Crippen LogP contribution in [0.3, 0.4) is 0 Å². The first-order valence-electron chi connectivity index (χ1n) is 3.45. The Morgan fingerprint density at radius 1 is 1.00 bits per heavy atom. The van der Waals surface area contributed by atoms with Crippen LogP contribution in [0.15, 0.2) is 0 Å². The summed E-state index contributed by atoms with van der Waals surface area (Å²) in [7, 11) is 0. The second-order valence-corrected chi connectivity index (χ2v) is 2.90. The molecule has 1 saturated carbocycles. The molecule has 2 unspecified atom stereocenters. The smallest absolute Gasteiger partial charge is 0.0412 e. The summed E-state index contributed by atoms with van der Waals surface area (Å²) < 4.78 is 0. The SMILES string of the molecule is [CH2]C1CCCC([CH2])C1. The van der Waals surface area contributed by atoms with Gasteiger partial charge in [-0.05, 0) is 18.3 Å². The van der Waals surface area contributed by atoms with Gasteiger partial charge in [-0.25, -0.2) is 0 Å². The van der Waals surface area contributed by atoms with Gasteiger partial charge in [0.05, 0.1) is 0 Å². The van der Waals surface area contributed by atoms with Crippen LogP contribution in [0.4, 0.5) is 0 Å². The van der Waals surface area contributed by atoms with Crippen molar-refractivity contribution in [3.05, 3.63) is 13.8 Å². The molecule has 0 aromatic heterocycles. The number of rotatable bonds is 0. The van der Waals surface area contributed by atoms with Crippen molar-refractivity contribution in [3.8, 4) is 0 Å². The zero-order chi connectivity index (χ0) is 5.98. The van der Waals surface area contributed by atoms with Crippen LogP contribution in [-0.2, 0) is 0 Å². The maximum Gasteiger partial charge on any atom is -0.0412 e. The molecule has 0 aromatic rings. The molecule has 0 spiro atoms. The molecule has 1 aliphatic carbocycles. The van der Waals surface area contributed by atoms with Crippen molar-refractivity contribution in [2.45, 2.75) is 25.7 Å². The highest BCUT2D eigenvalue weighted by molar-refractivity contribution is 4.74. The first-order valence-corrected chi connectivity index (χ1v) is 3.45. The van der Waals surface area contributed by atoms with Crippen LogP contribution in [-0.4, -0.2) is 0 Å². The third-order valence-electron chi connectivity index (χ3n) is 1.89. The molecule has 0 heteroatoms. The fraction of sp³-hybridized carbons (Fsp3) is 0.750. The Hall–Kier alpha value is 0. The molecule has 2 atom stereocenters. The predicted octanol–water partition coefficient (Wildman–Crippen LogP) is 2.46. The summed E-state index contributed by atoms with van der Waals surface area (Å²) in [5.74, 6) is 1.40. The van der Waals surface area contributed by atoms with Gasteiger partial charge < -0.3 is 0 Å². The minimum Gasteiger partial charge on any atom is -0.0528 e. The highest BCUT2D eigenvalue weighted by Crippen LogP contribution is 2.26. The monoisotopic (exact) mass is 110 g/mol. The molecule has 8 heavy (non-hydrogen) atoms. The normalized spacial score (nSPS) is 39.8. The third-order valence-corrected chi connectivity index (χ3v) is 1.89. The Morgan fingerprint density at radius 2 is 1.50 bits per heavy atom. The lowest BCUT2D eigenvalue weighted by Gasteiger charge is -2.22. The van der Waals surface area contributed by atoms with E-state index < -0.39 is 0 Å². The molecule has 0 aromatic carbocycles. The lowest BCUT2D eigenvalue weighted by molar-refractivity contribution is 0.348. The van der Waals surface area contributed by atoms with Gasteiger partial charge in [0.2, 0.25) is 0 Å².